The number of carbonyl (C=O) groups excluding carboxylic acids is 1. The molecule has 0 aliphatic heterocycles. The second kappa shape index (κ2) is 8.48. The molecule has 1 aromatic heterocycles. The molecule has 1 amide bonds. The number of sulfonamides is 1. The molecule has 0 aliphatic carbocycles. The molecule has 1 atom stereocenters. The minimum Gasteiger partial charge on any atom is -0.455 e. The highest BCUT2D eigenvalue weighted by molar-refractivity contribution is 7.89. The van der Waals surface area contributed by atoms with Crippen LogP contribution in [0.15, 0.2) is 45.7 Å². The van der Waals surface area contributed by atoms with Gasteiger partial charge in [0.05, 0.1) is 18.0 Å². The molecule has 1 N–H and O–H groups in total. The van der Waals surface area contributed by atoms with Gasteiger partial charge in [-0.1, -0.05) is 17.7 Å². The number of hydrogen-bond donors (Lipinski definition) is 1. The molecule has 142 valence electrons. The van der Waals surface area contributed by atoms with Crippen molar-refractivity contribution in [2.45, 2.75) is 31.3 Å². The first-order chi connectivity index (χ1) is 12.2. The zero-order valence-electron chi connectivity index (χ0n) is 15.4. The molecule has 26 heavy (non-hydrogen) atoms. The van der Waals surface area contributed by atoms with E-state index in [2.05, 4.69) is 5.32 Å². The summed E-state index contributed by atoms with van der Waals surface area (Å²) in [4.78, 5) is 12.3. The Balaban J connectivity index is 2.06. The average molecular weight is 380 g/mol. The van der Waals surface area contributed by atoms with Crippen molar-refractivity contribution in [3.8, 4) is 0 Å². The number of nitrogens with one attached hydrogen (secondary N) is 1. The van der Waals surface area contributed by atoms with Gasteiger partial charge in [0, 0.05) is 20.2 Å². The SMILES string of the molecule is COCC(C)NC(=O)c1ccc(CN(C)S(=O)(=O)c2ccc(C)cc2)o1. The van der Waals surface area contributed by atoms with Crippen LogP contribution in [0.2, 0.25) is 0 Å². The summed E-state index contributed by atoms with van der Waals surface area (Å²) < 4.78 is 36.8. The molecule has 0 fully saturated rings. The molecule has 0 bridgehead atoms. The predicted octanol–water partition coefficient (Wildman–Crippen LogP) is 2.17. The highest BCUT2D eigenvalue weighted by Crippen LogP contribution is 2.18. The average Bonchev–Trinajstić information content (AvgIpc) is 3.04. The third kappa shape index (κ3) is 4.94. The third-order valence-corrected chi connectivity index (χ3v) is 5.60. The lowest BCUT2D eigenvalue weighted by Crippen LogP contribution is -2.35. The van der Waals surface area contributed by atoms with E-state index in [9.17, 15) is 13.2 Å². The van der Waals surface area contributed by atoms with Crippen molar-refractivity contribution in [2.24, 2.45) is 0 Å². The second-order valence-corrected chi connectivity index (χ2v) is 8.21. The zero-order valence-corrected chi connectivity index (χ0v) is 16.2. The summed E-state index contributed by atoms with van der Waals surface area (Å²) in [5, 5.41) is 2.74. The molecule has 0 saturated heterocycles. The van der Waals surface area contributed by atoms with Crippen LogP contribution in [0.3, 0.4) is 0 Å². The third-order valence-electron chi connectivity index (χ3n) is 3.79. The molecular formula is C18H24N2O5S. The quantitative estimate of drug-likeness (QED) is 0.758. The van der Waals surface area contributed by atoms with Gasteiger partial charge < -0.3 is 14.5 Å². The summed E-state index contributed by atoms with van der Waals surface area (Å²) in [7, 11) is -0.611. The Morgan fingerprint density at radius 1 is 1.23 bits per heavy atom. The number of nitrogens with zero attached hydrogens (tertiary/aromatic N) is 1. The first-order valence-electron chi connectivity index (χ1n) is 8.15. The number of rotatable bonds is 8. The number of aryl methyl sites for hydroxylation is 1. The number of methoxy groups -OCH3 is 1. The lowest BCUT2D eigenvalue weighted by molar-refractivity contribution is 0.0875. The molecule has 2 aromatic rings. The number of amides is 1. The molecule has 1 heterocycles. The van der Waals surface area contributed by atoms with Gasteiger partial charge in [-0.3, -0.25) is 4.79 Å². The Hall–Kier alpha value is -2.16. The van der Waals surface area contributed by atoms with Gasteiger partial charge in [-0.15, -0.1) is 0 Å². The maximum absolute atomic E-state index is 12.6. The Labute approximate surface area is 154 Å². The summed E-state index contributed by atoms with van der Waals surface area (Å²) >= 11 is 0. The van der Waals surface area contributed by atoms with Gasteiger partial charge in [0.15, 0.2) is 5.76 Å². The number of benzene rings is 1. The smallest absolute Gasteiger partial charge is 0.287 e. The maximum atomic E-state index is 12.6. The summed E-state index contributed by atoms with van der Waals surface area (Å²) in [6.45, 7) is 4.12. The Bertz CT molecular complexity index is 843. The van der Waals surface area contributed by atoms with E-state index < -0.39 is 10.0 Å². The van der Waals surface area contributed by atoms with Crippen LogP contribution in [0.4, 0.5) is 0 Å². The van der Waals surface area contributed by atoms with Crippen molar-refractivity contribution in [3.05, 3.63) is 53.5 Å². The second-order valence-electron chi connectivity index (χ2n) is 6.17. The number of hydrogen-bond acceptors (Lipinski definition) is 5. The molecule has 0 aliphatic rings. The number of ether oxygens (including phenoxy) is 1. The molecule has 8 heteroatoms. The van der Waals surface area contributed by atoms with Crippen molar-refractivity contribution in [3.63, 3.8) is 0 Å². The van der Waals surface area contributed by atoms with E-state index in [-0.39, 0.29) is 29.1 Å². The summed E-state index contributed by atoms with van der Waals surface area (Å²) in [6.07, 6.45) is 0. The van der Waals surface area contributed by atoms with Crippen LogP contribution < -0.4 is 5.32 Å². The van der Waals surface area contributed by atoms with Gasteiger partial charge in [0.1, 0.15) is 5.76 Å². The van der Waals surface area contributed by atoms with Crippen LogP contribution in [0, 0.1) is 6.92 Å². The molecule has 0 saturated carbocycles. The first-order valence-corrected chi connectivity index (χ1v) is 9.59. The predicted molar refractivity (Wildman–Crippen MR) is 97.3 cm³/mol. The van der Waals surface area contributed by atoms with Gasteiger partial charge >= 0.3 is 0 Å². The highest BCUT2D eigenvalue weighted by Gasteiger charge is 2.22. The minimum atomic E-state index is -3.64. The van der Waals surface area contributed by atoms with Crippen LogP contribution in [-0.4, -0.2) is 45.4 Å². The summed E-state index contributed by atoms with van der Waals surface area (Å²) in [5.74, 6) is 0.140. The van der Waals surface area contributed by atoms with Crippen LogP contribution >= 0.6 is 0 Å². The van der Waals surface area contributed by atoms with Crippen LogP contribution in [0.1, 0.15) is 28.8 Å². The molecule has 0 spiro atoms. The van der Waals surface area contributed by atoms with Crippen LogP contribution in [0.25, 0.3) is 0 Å². The maximum Gasteiger partial charge on any atom is 0.287 e. The van der Waals surface area contributed by atoms with Crippen molar-refractivity contribution >= 4 is 15.9 Å². The standard InChI is InChI=1S/C18H24N2O5S/c1-13-5-8-16(9-6-13)26(22,23)20(3)11-15-7-10-17(25-15)18(21)19-14(2)12-24-4/h5-10,14H,11-12H2,1-4H3,(H,19,21). The van der Waals surface area contributed by atoms with E-state index in [1.54, 1.807) is 37.4 Å². The highest BCUT2D eigenvalue weighted by atomic mass is 32.2. The van der Waals surface area contributed by atoms with Gasteiger partial charge in [-0.05, 0) is 38.1 Å². The largest absolute Gasteiger partial charge is 0.455 e. The van der Waals surface area contributed by atoms with Gasteiger partial charge in [-0.25, -0.2) is 8.42 Å². The lowest BCUT2D eigenvalue weighted by Gasteiger charge is -2.16. The molecule has 1 unspecified atom stereocenters. The fourth-order valence-corrected chi connectivity index (χ4v) is 3.50. The van der Waals surface area contributed by atoms with Gasteiger partial charge in [-0.2, -0.15) is 4.31 Å². The van der Waals surface area contributed by atoms with Gasteiger partial charge in [0.25, 0.3) is 5.91 Å². The molecule has 1 aromatic carbocycles. The van der Waals surface area contributed by atoms with Crippen molar-refractivity contribution in [1.82, 2.24) is 9.62 Å². The topological polar surface area (TPSA) is 88.9 Å². The Kier molecular flexibility index (Phi) is 6.57. The number of furan rings is 1. The van der Waals surface area contributed by atoms with Crippen molar-refractivity contribution in [1.29, 1.82) is 0 Å². The zero-order chi connectivity index (χ0) is 19.3. The summed E-state index contributed by atoms with van der Waals surface area (Å²) in [5.41, 5.74) is 0.982. The normalized spacial score (nSPS) is 13.0. The van der Waals surface area contributed by atoms with E-state index in [1.807, 2.05) is 13.8 Å². The number of carbonyl (C=O) groups is 1. The van der Waals surface area contributed by atoms with E-state index in [1.165, 1.54) is 17.4 Å². The van der Waals surface area contributed by atoms with Crippen molar-refractivity contribution < 1.29 is 22.4 Å². The Morgan fingerprint density at radius 2 is 1.88 bits per heavy atom. The minimum absolute atomic E-state index is 0.0249. The summed E-state index contributed by atoms with van der Waals surface area (Å²) in [6, 6.07) is 9.59. The monoisotopic (exact) mass is 380 g/mol. The fourth-order valence-electron chi connectivity index (χ4n) is 2.37. The lowest BCUT2D eigenvalue weighted by atomic mass is 10.2. The molecule has 2 rings (SSSR count). The molecular weight excluding hydrogens is 356 g/mol. The van der Waals surface area contributed by atoms with E-state index >= 15 is 0 Å². The van der Waals surface area contributed by atoms with Gasteiger partial charge in [0.2, 0.25) is 10.0 Å². The fraction of sp³-hybridized carbons (Fsp3) is 0.389. The van der Waals surface area contributed by atoms with E-state index in [0.717, 1.165) is 5.56 Å². The van der Waals surface area contributed by atoms with Crippen LogP contribution in [0.5, 0.6) is 0 Å². The molecule has 7 nitrogen and oxygen atoms in total. The molecule has 0 radical (unpaired) electrons. The first kappa shape index (κ1) is 20.2. The van der Waals surface area contributed by atoms with E-state index in [0.29, 0.717) is 12.4 Å². The Morgan fingerprint density at radius 3 is 2.50 bits per heavy atom. The van der Waals surface area contributed by atoms with E-state index in [4.69, 9.17) is 9.15 Å². The van der Waals surface area contributed by atoms with Crippen molar-refractivity contribution in [2.75, 3.05) is 20.8 Å². The van der Waals surface area contributed by atoms with Crippen LogP contribution in [-0.2, 0) is 21.3 Å².